The van der Waals surface area contributed by atoms with Gasteiger partial charge in [0.15, 0.2) is 5.60 Å². The number of aliphatic imine (C=N–C) groups is 1. The molecule has 9 heteroatoms. The molecule has 4 nitrogen and oxygen atoms in total. The number of nitrogens with two attached hydrogens (primary N) is 1. The number of nitrogens with zero attached hydrogens (tertiary/aromatic N) is 2. The van der Waals surface area contributed by atoms with E-state index >= 15 is 8.78 Å². The highest BCUT2D eigenvalue weighted by Crippen LogP contribution is 2.48. The lowest BCUT2D eigenvalue weighted by molar-refractivity contribution is -0.198. The van der Waals surface area contributed by atoms with Gasteiger partial charge in [-0.05, 0) is 40.2 Å². The first kappa shape index (κ1) is 21.0. The summed E-state index contributed by atoms with van der Waals surface area (Å²) in [6, 6.07) is 4.25. The molecular formula is C18H16BrF4N3O. The fourth-order valence-corrected chi connectivity index (χ4v) is 2.73. The van der Waals surface area contributed by atoms with E-state index in [9.17, 15) is 13.9 Å². The molecule has 3 N–H and O–H groups in total. The van der Waals surface area contributed by atoms with Gasteiger partial charge in [-0.2, -0.15) is 8.78 Å². The predicted molar refractivity (Wildman–Crippen MR) is 97.4 cm³/mol. The van der Waals surface area contributed by atoms with Crippen LogP contribution in [0.1, 0.15) is 17.7 Å². The molecule has 0 bridgehead atoms. The monoisotopic (exact) mass is 445 g/mol. The smallest absolute Gasteiger partial charge is 0.322 e. The molecule has 0 saturated carbocycles. The number of aromatic nitrogens is 1. The molecule has 0 aliphatic carbocycles. The molecule has 1 atom stereocenters. The van der Waals surface area contributed by atoms with Crippen molar-refractivity contribution >= 4 is 22.1 Å². The Bertz CT molecular complexity index is 871. The lowest BCUT2D eigenvalue weighted by Gasteiger charge is -2.36. The summed E-state index contributed by atoms with van der Waals surface area (Å²) < 4.78 is 58.6. The lowest BCUT2D eigenvalue weighted by Crippen LogP contribution is -2.45. The lowest BCUT2D eigenvalue weighted by atomic mass is 9.81. The highest BCUT2D eigenvalue weighted by atomic mass is 79.9. The van der Waals surface area contributed by atoms with Crippen molar-refractivity contribution in [3.05, 3.63) is 75.7 Å². The normalized spacial score (nSPS) is 15.1. The van der Waals surface area contributed by atoms with Gasteiger partial charge in [0.1, 0.15) is 17.3 Å². The van der Waals surface area contributed by atoms with Gasteiger partial charge in [-0.25, -0.2) is 8.78 Å². The van der Waals surface area contributed by atoms with Crippen LogP contribution in [-0.4, -0.2) is 23.4 Å². The van der Waals surface area contributed by atoms with Crippen LogP contribution in [0.5, 0.6) is 0 Å². The van der Waals surface area contributed by atoms with E-state index in [-0.39, 0.29) is 5.70 Å². The average Bonchev–Trinajstić information content (AvgIpc) is 2.60. The largest absolute Gasteiger partial charge is 0.402 e. The Hall–Kier alpha value is -2.26. The summed E-state index contributed by atoms with van der Waals surface area (Å²) >= 11 is 3.08. The van der Waals surface area contributed by atoms with Gasteiger partial charge in [-0.1, -0.05) is 6.07 Å². The molecular weight excluding hydrogens is 430 g/mol. The molecule has 2 aromatic rings. The van der Waals surface area contributed by atoms with Crippen molar-refractivity contribution in [1.29, 1.82) is 0 Å². The number of halogens is 5. The van der Waals surface area contributed by atoms with E-state index in [2.05, 4.69) is 25.9 Å². The molecule has 1 aromatic carbocycles. The van der Waals surface area contributed by atoms with Crippen LogP contribution in [0.2, 0.25) is 0 Å². The first-order valence-corrected chi connectivity index (χ1v) is 8.45. The van der Waals surface area contributed by atoms with Crippen LogP contribution in [0.15, 0.2) is 57.8 Å². The van der Waals surface area contributed by atoms with Crippen LogP contribution in [0.4, 0.5) is 17.6 Å². The summed E-state index contributed by atoms with van der Waals surface area (Å²) in [6.45, 7) is 0. The van der Waals surface area contributed by atoms with E-state index in [4.69, 9.17) is 5.73 Å². The summed E-state index contributed by atoms with van der Waals surface area (Å²) in [4.78, 5) is 7.26. The second-order valence-electron chi connectivity index (χ2n) is 5.75. The maximum Gasteiger partial charge on any atom is 0.322 e. The van der Waals surface area contributed by atoms with E-state index in [0.717, 1.165) is 24.4 Å². The second kappa shape index (κ2) is 8.18. The SMILES string of the molecule is CN=CC=C(N)CC(O)(c1ccc(F)cc1F)C(F)(F)c1ccc(Br)cn1. The third kappa shape index (κ3) is 4.36. The van der Waals surface area contributed by atoms with Crippen molar-refractivity contribution in [1.82, 2.24) is 4.98 Å². The van der Waals surface area contributed by atoms with Crippen LogP contribution in [0.25, 0.3) is 0 Å². The molecule has 0 radical (unpaired) electrons. The third-order valence-corrected chi connectivity index (χ3v) is 4.31. The van der Waals surface area contributed by atoms with Gasteiger partial charge in [-0.3, -0.25) is 9.98 Å². The van der Waals surface area contributed by atoms with Crippen molar-refractivity contribution in [2.45, 2.75) is 17.9 Å². The molecule has 27 heavy (non-hydrogen) atoms. The summed E-state index contributed by atoms with van der Waals surface area (Å²) in [5, 5.41) is 10.9. The number of hydrogen-bond acceptors (Lipinski definition) is 4. The number of aliphatic hydroxyl groups is 1. The van der Waals surface area contributed by atoms with Crippen molar-refractivity contribution < 1.29 is 22.7 Å². The third-order valence-electron chi connectivity index (χ3n) is 3.84. The molecule has 0 aliphatic heterocycles. The molecule has 0 amide bonds. The molecule has 1 aromatic heterocycles. The average molecular weight is 446 g/mol. The van der Waals surface area contributed by atoms with E-state index in [1.165, 1.54) is 25.4 Å². The highest BCUT2D eigenvalue weighted by molar-refractivity contribution is 9.10. The molecule has 0 saturated heterocycles. The van der Waals surface area contributed by atoms with E-state index in [1.54, 1.807) is 0 Å². The number of hydrogen-bond donors (Lipinski definition) is 2. The molecule has 0 spiro atoms. The predicted octanol–water partition coefficient (Wildman–Crippen LogP) is 4.04. The minimum absolute atomic E-state index is 0.177. The zero-order valence-electron chi connectivity index (χ0n) is 14.1. The first-order valence-electron chi connectivity index (χ1n) is 7.66. The highest BCUT2D eigenvalue weighted by Gasteiger charge is 2.57. The Labute approximate surface area is 161 Å². The summed E-state index contributed by atoms with van der Waals surface area (Å²) in [5.41, 5.74) is 0.820. The minimum atomic E-state index is -4.05. The van der Waals surface area contributed by atoms with Gasteiger partial charge < -0.3 is 10.8 Å². The maximum atomic E-state index is 15.3. The Morgan fingerprint density at radius 1 is 1.30 bits per heavy atom. The number of alkyl halides is 2. The zero-order chi connectivity index (χ0) is 20.2. The van der Waals surface area contributed by atoms with Gasteiger partial charge in [0.25, 0.3) is 0 Å². The van der Waals surface area contributed by atoms with E-state index < -0.39 is 40.8 Å². The summed E-state index contributed by atoms with van der Waals surface area (Å²) in [6.07, 6.45) is 2.73. The zero-order valence-corrected chi connectivity index (χ0v) is 15.7. The fraction of sp³-hybridized carbons (Fsp3) is 0.222. The van der Waals surface area contributed by atoms with Gasteiger partial charge in [0.05, 0.1) is 0 Å². The van der Waals surface area contributed by atoms with Gasteiger partial charge in [0, 0.05) is 47.7 Å². The number of allylic oxidation sites excluding steroid dienone is 1. The summed E-state index contributed by atoms with van der Waals surface area (Å²) in [7, 11) is 1.44. The Kier molecular flexibility index (Phi) is 6.38. The fourth-order valence-electron chi connectivity index (χ4n) is 2.50. The van der Waals surface area contributed by atoms with E-state index in [0.29, 0.717) is 10.5 Å². The quantitative estimate of drug-likeness (QED) is 0.520. The topological polar surface area (TPSA) is 71.5 Å². The van der Waals surface area contributed by atoms with Crippen LogP contribution >= 0.6 is 15.9 Å². The van der Waals surface area contributed by atoms with Crippen molar-refractivity contribution in [2.75, 3.05) is 7.05 Å². The standard InChI is InChI=1S/C18H16BrF4N3O/c1-25-7-6-13(24)9-17(27,14-4-3-12(20)8-15(14)21)18(22,23)16-5-2-11(19)10-26-16/h2-8,10,27H,9,24H2,1H3. The Balaban J connectivity index is 2.66. The van der Waals surface area contributed by atoms with Crippen molar-refractivity contribution in [3.8, 4) is 0 Å². The van der Waals surface area contributed by atoms with Crippen LogP contribution in [0, 0.1) is 11.6 Å². The van der Waals surface area contributed by atoms with Gasteiger partial charge in [-0.15, -0.1) is 0 Å². The van der Waals surface area contributed by atoms with Crippen LogP contribution < -0.4 is 5.73 Å². The van der Waals surface area contributed by atoms with Gasteiger partial charge in [0.2, 0.25) is 0 Å². The maximum absolute atomic E-state index is 15.3. The van der Waals surface area contributed by atoms with Crippen LogP contribution in [0.3, 0.4) is 0 Å². The summed E-state index contributed by atoms with van der Waals surface area (Å²) in [5.74, 6) is -6.34. The molecule has 1 heterocycles. The minimum Gasteiger partial charge on any atom is -0.402 e. The Morgan fingerprint density at radius 2 is 2.00 bits per heavy atom. The second-order valence-corrected chi connectivity index (χ2v) is 6.66. The van der Waals surface area contributed by atoms with Crippen LogP contribution in [-0.2, 0) is 11.5 Å². The molecule has 0 aliphatic rings. The Morgan fingerprint density at radius 3 is 2.56 bits per heavy atom. The van der Waals surface area contributed by atoms with Crippen molar-refractivity contribution in [3.63, 3.8) is 0 Å². The number of pyridine rings is 1. The van der Waals surface area contributed by atoms with Crippen molar-refractivity contribution in [2.24, 2.45) is 10.7 Å². The number of rotatable bonds is 6. The molecule has 1 unspecified atom stereocenters. The molecule has 2 rings (SSSR count). The molecule has 0 fully saturated rings. The molecule has 144 valence electrons. The first-order chi connectivity index (χ1) is 12.6. The number of benzene rings is 1. The van der Waals surface area contributed by atoms with E-state index in [1.807, 2.05) is 0 Å². The van der Waals surface area contributed by atoms with Gasteiger partial charge >= 0.3 is 5.92 Å².